The number of amidine groups is 1. The van der Waals surface area contributed by atoms with Crippen LogP contribution in [0.3, 0.4) is 0 Å². The first-order valence-electron chi connectivity index (χ1n) is 5.50. The lowest BCUT2D eigenvalue weighted by Gasteiger charge is -2.23. The molecule has 0 aliphatic rings. The Kier molecular flexibility index (Phi) is 8.88. The fraction of sp³-hybridized carbons (Fsp3) is 0.900. The van der Waals surface area contributed by atoms with E-state index in [9.17, 15) is 0 Å². The molecular weight excluding hydrogens is 210 g/mol. The quantitative estimate of drug-likeness (QED) is 0.193. The number of hydrogen-bond donors (Lipinski definition) is 4. The summed E-state index contributed by atoms with van der Waals surface area (Å²) in [5.41, 5.74) is 5.45. The molecule has 16 heavy (non-hydrogen) atoms. The fourth-order valence-electron chi connectivity index (χ4n) is 1.52. The van der Waals surface area contributed by atoms with Gasteiger partial charge in [0, 0.05) is 32.2 Å². The Balaban J connectivity index is 4.14. The maximum Gasteiger partial charge on any atom is 0.140 e. The van der Waals surface area contributed by atoms with E-state index < -0.39 is 0 Å². The fourth-order valence-corrected chi connectivity index (χ4v) is 1.52. The van der Waals surface area contributed by atoms with E-state index in [-0.39, 0.29) is 24.5 Å². The van der Waals surface area contributed by atoms with Crippen molar-refractivity contribution in [1.29, 1.82) is 0 Å². The van der Waals surface area contributed by atoms with Crippen molar-refractivity contribution in [2.45, 2.75) is 38.3 Å². The van der Waals surface area contributed by atoms with Crippen LogP contribution in [-0.2, 0) is 4.74 Å². The van der Waals surface area contributed by atoms with E-state index >= 15 is 0 Å². The van der Waals surface area contributed by atoms with Gasteiger partial charge in [0.15, 0.2) is 0 Å². The average Bonchev–Trinajstić information content (AvgIpc) is 2.28. The van der Waals surface area contributed by atoms with Crippen LogP contribution in [0.15, 0.2) is 5.16 Å². The van der Waals surface area contributed by atoms with E-state index in [1.807, 2.05) is 6.92 Å². The number of hydrogen-bond acceptors (Lipinski definition) is 5. The van der Waals surface area contributed by atoms with Gasteiger partial charge in [0.2, 0.25) is 0 Å². The molecule has 2 atom stereocenters. The molecule has 0 saturated carbocycles. The van der Waals surface area contributed by atoms with Gasteiger partial charge in [0.05, 0.1) is 6.61 Å². The number of nitrogens with one attached hydrogen (secondary N) is 1. The van der Waals surface area contributed by atoms with Crippen LogP contribution in [0.1, 0.15) is 26.2 Å². The van der Waals surface area contributed by atoms with Crippen molar-refractivity contribution in [1.82, 2.24) is 5.32 Å². The van der Waals surface area contributed by atoms with Gasteiger partial charge >= 0.3 is 0 Å². The van der Waals surface area contributed by atoms with Crippen molar-refractivity contribution in [2.24, 2.45) is 10.9 Å². The summed E-state index contributed by atoms with van der Waals surface area (Å²) in [5, 5.41) is 23.6. The minimum absolute atomic E-state index is 0.0893. The number of rotatable bonds is 9. The van der Waals surface area contributed by atoms with Crippen molar-refractivity contribution in [3.8, 4) is 0 Å². The predicted octanol–water partition coefficient (Wildman–Crippen LogP) is -0.111. The van der Waals surface area contributed by atoms with Crippen LogP contribution in [-0.4, -0.2) is 48.6 Å². The van der Waals surface area contributed by atoms with Crippen LogP contribution < -0.4 is 11.1 Å². The second kappa shape index (κ2) is 9.38. The number of nitrogens with two attached hydrogens (primary N) is 1. The molecule has 5 N–H and O–H groups in total. The zero-order chi connectivity index (χ0) is 12.4. The average molecular weight is 233 g/mol. The summed E-state index contributed by atoms with van der Waals surface area (Å²) >= 11 is 0. The topological polar surface area (TPSA) is 100 Å². The first kappa shape index (κ1) is 15.2. The molecule has 0 aromatic rings. The van der Waals surface area contributed by atoms with Crippen LogP contribution in [0.2, 0.25) is 0 Å². The minimum atomic E-state index is 0.0893. The first-order valence-corrected chi connectivity index (χ1v) is 5.50. The summed E-state index contributed by atoms with van der Waals surface area (Å²) in [6, 6.07) is 0.217. The van der Waals surface area contributed by atoms with Gasteiger partial charge in [-0.25, -0.2) is 0 Å². The molecule has 0 aromatic heterocycles. The second-order valence-electron chi connectivity index (χ2n) is 3.73. The SMILES string of the molecule is CCC(CC(N)=NO)NC(CCO)COC. The molecule has 0 bridgehead atoms. The highest BCUT2D eigenvalue weighted by molar-refractivity contribution is 5.80. The molecule has 0 aliphatic heterocycles. The monoisotopic (exact) mass is 233 g/mol. The van der Waals surface area contributed by atoms with Crippen LogP contribution in [0, 0.1) is 0 Å². The third kappa shape index (κ3) is 6.60. The normalized spacial score (nSPS) is 16.1. The number of methoxy groups -OCH3 is 1. The Hall–Kier alpha value is -0.850. The first-order chi connectivity index (χ1) is 7.67. The van der Waals surface area contributed by atoms with E-state index in [2.05, 4.69) is 10.5 Å². The molecule has 0 amide bonds. The lowest BCUT2D eigenvalue weighted by molar-refractivity contribution is 0.142. The molecule has 0 spiro atoms. The van der Waals surface area contributed by atoms with Gasteiger partial charge in [-0.05, 0) is 12.8 Å². The number of nitrogens with zero attached hydrogens (tertiary/aromatic N) is 1. The zero-order valence-corrected chi connectivity index (χ0v) is 10.0. The van der Waals surface area contributed by atoms with Crippen molar-refractivity contribution >= 4 is 5.84 Å². The highest BCUT2D eigenvalue weighted by atomic mass is 16.5. The van der Waals surface area contributed by atoms with Gasteiger partial charge in [-0.1, -0.05) is 12.1 Å². The van der Waals surface area contributed by atoms with Crippen molar-refractivity contribution in [2.75, 3.05) is 20.3 Å². The third-order valence-electron chi connectivity index (χ3n) is 2.39. The molecule has 0 aromatic carbocycles. The second-order valence-corrected chi connectivity index (χ2v) is 3.73. The summed E-state index contributed by atoms with van der Waals surface area (Å²) in [5.74, 6) is 0.208. The van der Waals surface area contributed by atoms with Gasteiger partial charge in [-0.3, -0.25) is 0 Å². The van der Waals surface area contributed by atoms with E-state index in [0.717, 1.165) is 6.42 Å². The molecule has 2 unspecified atom stereocenters. The number of oxime groups is 1. The standard InChI is InChI=1S/C10H23N3O3/c1-3-8(6-10(11)13-15)12-9(4-5-14)7-16-2/h8-9,12,14-15H,3-7H2,1-2H3,(H2,11,13). The van der Waals surface area contributed by atoms with Gasteiger partial charge in [0.25, 0.3) is 0 Å². The number of aliphatic hydroxyl groups is 1. The van der Waals surface area contributed by atoms with E-state index in [0.29, 0.717) is 19.4 Å². The highest BCUT2D eigenvalue weighted by Crippen LogP contribution is 2.02. The van der Waals surface area contributed by atoms with Crippen molar-refractivity contribution in [3.63, 3.8) is 0 Å². The van der Waals surface area contributed by atoms with Gasteiger partial charge in [-0.2, -0.15) is 0 Å². The summed E-state index contributed by atoms with van der Waals surface area (Å²) in [6.07, 6.45) is 1.97. The highest BCUT2D eigenvalue weighted by Gasteiger charge is 2.14. The van der Waals surface area contributed by atoms with E-state index in [1.165, 1.54) is 0 Å². The van der Waals surface area contributed by atoms with E-state index in [4.69, 9.17) is 20.8 Å². The molecule has 0 heterocycles. The summed E-state index contributed by atoms with van der Waals surface area (Å²) in [4.78, 5) is 0. The Labute approximate surface area is 96.5 Å². The van der Waals surface area contributed by atoms with Crippen LogP contribution in [0.4, 0.5) is 0 Å². The Morgan fingerprint density at radius 1 is 1.50 bits per heavy atom. The Morgan fingerprint density at radius 2 is 2.19 bits per heavy atom. The van der Waals surface area contributed by atoms with Gasteiger partial charge in [0.1, 0.15) is 5.84 Å². The van der Waals surface area contributed by atoms with Crippen LogP contribution in [0.5, 0.6) is 0 Å². The molecule has 0 rings (SSSR count). The predicted molar refractivity (Wildman–Crippen MR) is 62.6 cm³/mol. The van der Waals surface area contributed by atoms with E-state index in [1.54, 1.807) is 7.11 Å². The van der Waals surface area contributed by atoms with Crippen molar-refractivity contribution in [3.05, 3.63) is 0 Å². The summed E-state index contributed by atoms with van der Waals surface area (Å²) in [7, 11) is 1.62. The maximum absolute atomic E-state index is 8.89. The maximum atomic E-state index is 8.89. The molecule has 6 nitrogen and oxygen atoms in total. The van der Waals surface area contributed by atoms with Crippen LogP contribution in [0.25, 0.3) is 0 Å². The number of ether oxygens (including phenoxy) is 1. The van der Waals surface area contributed by atoms with Gasteiger partial charge in [-0.15, -0.1) is 0 Å². The summed E-state index contributed by atoms with van der Waals surface area (Å²) < 4.78 is 5.05. The molecule has 0 fully saturated rings. The van der Waals surface area contributed by atoms with Crippen molar-refractivity contribution < 1.29 is 15.1 Å². The van der Waals surface area contributed by atoms with Gasteiger partial charge < -0.3 is 26.1 Å². The number of aliphatic hydroxyl groups excluding tert-OH is 1. The molecule has 6 heteroatoms. The molecule has 0 aliphatic carbocycles. The lowest BCUT2D eigenvalue weighted by Crippen LogP contribution is -2.43. The minimum Gasteiger partial charge on any atom is -0.409 e. The Bertz CT molecular complexity index is 194. The Morgan fingerprint density at radius 3 is 2.62 bits per heavy atom. The molecular formula is C10H23N3O3. The summed E-state index contributed by atoms with van der Waals surface area (Å²) in [6.45, 7) is 2.67. The largest absolute Gasteiger partial charge is 0.409 e. The molecule has 0 saturated heterocycles. The lowest BCUT2D eigenvalue weighted by atomic mass is 10.1. The smallest absolute Gasteiger partial charge is 0.140 e. The zero-order valence-electron chi connectivity index (χ0n) is 10.0. The van der Waals surface area contributed by atoms with Crippen LogP contribution >= 0.6 is 0 Å². The molecule has 0 radical (unpaired) electrons. The third-order valence-corrected chi connectivity index (χ3v) is 2.39. The molecule has 96 valence electrons.